The Kier molecular flexibility index (Phi) is 6.16. The molecule has 24 heavy (non-hydrogen) atoms. The topological polar surface area (TPSA) is 88.1 Å². The van der Waals surface area contributed by atoms with Crippen LogP contribution in [0.3, 0.4) is 0 Å². The Morgan fingerprint density at radius 3 is 2.58 bits per heavy atom. The van der Waals surface area contributed by atoms with Crippen molar-refractivity contribution in [3.05, 3.63) is 29.8 Å². The average Bonchev–Trinajstić information content (AvgIpc) is 2.97. The van der Waals surface area contributed by atoms with Crippen LogP contribution in [0.5, 0.6) is 5.75 Å². The lowest BCUT2D eigenvalue weighted by Crippen LogP contribution is -2.56. The zero-order valence-corrected chi connectivity index (χ0v) is 14.1. The van der Waals surface area contributed by atoms with Gasteiger partial charge in [-0.1, -0.05) is 12.1 Å². The number of hydrogen-bond acceptors (Lipinski definition) is 5. The average molecular weight is 336 g/mol. The number of ether oxygens (including phenoxy) is 2. The van der Waals surface area contributed by atoms with Crippen molar-refractivity contribution >= 4 is 11.9 Å². The van der Waals surface area contributed by atoms with Crippen LogP contribution in [-0.2, 0) is 20.9 Å². The molecular formula is C17H24N2O5. The quantitative estimate of drug-likeness (QED) is 0.733. The largest absolute Gasteiger partial charge is 0.497 e. The highest BCUT2D eigenvalue weighted by atomic mass is 16.5. The van der Waals surface area contributed by atoms with Gasteiger partial charge in [0.25, 0.3) is 0 Å². The van der Waals surface area contributed by atoms with Crippen LogP contribution in [-0.4, -0.2) is 61.3 Å². The lowest BCUT2D eigenvalue weighted by atomic mass is 9.97. The molecule has 0 saturated carbocycles. The zero-order valence-electron chi connectivity index (χ0n) is 14.1. The summed E-state index contributed by atoms with van der Waals surface area (Å²) < 4.78 is 10.2. The van der Waals surface area contributed by atoms with E-state index in [0.29, 0.717) is 19.5 Å². The van der Waals surface area contributed by atoms with E-state index >= 15 is 0 Å². The molecule has 7 nitrogen and oxygen atoms in total. The summed E-state index contributed by atoms with van der Waals surface area (Å²) in [5, 5.41) is 12.4. The molecule has 1 fully saturated rings. The van der Waals surface area contributed by atoms with E-state index < -0.39 is 11.5 Å². The van der Waals surface area contributed by atoms with Crippen molar-refractivity contribution in [2.75, 3.05) is 33.9 Å². The van der Waals surface area contributed by atoms with Gasteiger partial charge in [-0.25, -0.2) is 0 Å². The predicted molar refractivity (Wildman–Crippen MR) is 87.9 cm³/mol. The molecule has 1 saturated heterocycles. The van der Waals surface area contributed by atoms with E-state index in [0.717, 1.165) is 17.7 Å². The van der Waals surface area contributed by atoms with Gasteiger partial charge in [0, 0.05) is 13.7 Å². The van der Waals surface area contributed by atoms with Gasteiger partial charge in [-0.2, -0.15) is 0 Å². The summed E-state index contributed by atoms with van der Waals surface area (Å²) in [5.41, 5.74) is -0.154. The number of rotatable bonds is 8. The fourth-order valence-corrected chi connectivity index (χ4v) is 3.04. The molecule has 0 aromatic heterocycles. The van der Waals surface area contributed by atoms with E-state index in [1.165, 1.54) is 7.11 Å². The van der Waals surface area contributed by atoms with Crippen molar-refractivity contribution in [2.24, 2.45) is 0 Å². The first-order chi connectivity index (χ1) is 11.5. The zero-order chi connectivity index (χ0) is 17.6. The number of aliphatic carboxylic acids is 1. The maximum Gasteiger partial charge on any atom is 0.326 e. The van der Waals surface area contributed by atoms with Gasteiger partial charge in [-0.15, -0.1) is 0 Å². The molecule has 2 rings (SSSR count). The summed E-state index contributed by atoms with van der Waals surface area (Å²) in [6.07, 6.45) is 1.23. The number of carbonyl (C=O) groups is 2. The third-order valence-electron chi connectivity index (χ3n) is 4.39. The maximum absolute atomic E-state index is 12.2. The van der Waals surface area contributed by atoms with E-state index in [9.17, 15) is 14.7 Å². The Morgan fingerprint density at radius 2 is 2.00 bits per heavy atom. The van der Waals surface area contributed by atoms with Crippen molar-refractivity contribution in [1.29, 1.82) is 0 Å². The van der Waals surface area contributed by atoms with Crippen molar-refractivity contribution in [1.82, 2.24) is 10.2 Å². The third kappa shape index (κ3) is 4.04. The molecule has 2 N–H and O–H groups in total. The summed E-state index contributed by atoms with van der Waals surface area (Å²) in [6.45, 7) is 1.09. The first-order valence-corrected chi connectivity index (χ1v) is 7.89. The second-order valence-corrected chi connectivity index (χ2v) is 5.92. The van der Waals surface area contributed by atoms with Gasteiger partial charge in [0.15, 0.2) is 0 Å². The number of nitrogens with one attached hydrogen (secondary N) is 1. The molecule has 0 spiro atoms. The van der Waals surface area contributed by atoms with Crippen molar-refractivity contribution < 1.29 is 24.2 Å². The molecular weight excluding hydrogens is 312 g/mol. The number of nitrogens with zero attached hydrogens (tertiary/aromatic N) is 1. The van der Waals surface area contributed by atoms with Crippen LogP contribution in [0.15, 0.2) is 24.3 Å². The summed E-state index contributed by atoms with van der Waals surface area (Å²) in [7, 11) is 3.08. The fraction of sp³-hybridized carbons (Fsp3) is 0.529. The van der Waals surface area contributed by atoms with Gasteiger partial charge in [0.05, 0.1) is 20.3 Å². The Morgan fingerprint density at radius 1 is 1.29 bits per heavy atom. The van der Waals surface area contributed by atoms with Crippen molar-refractivity contribution in [2.45, 2.75) is 24.9 Å². The summed E-state index contributed by atoms with van der Waals surface area (Å²) in [5.74, 6) is -0.382. The molecule has 0 bridgehead atoms. The van der Waals surface area contributed by atoms with E-state index in [1.54, 1.807) is 12.0 Å². The second-order valence-electron chi connectivity index (χ2n) is 5.92. The molecule has 1 atom stereocenters. The monoisotopic (exact) mass is 336 g/mol. The number of carboxylic acid groups (broad SMARTS) is 1. The molecule has 1 unspecified atom stereocenters. The minimum atomic E-state index is -1.10. The van der Waals surface area contributed by atoms with Gasteiger partial charge in [0.2, 0.25) is 5.91 Å². The van der Waals surface area contributed by atoms with E-state index in [1.807, 2.05) is 24.3 Å². The van der Waals surface area contributed by atoms with E-state index in [4.69, 9.17) is 9.47 Å². The number of amides is 1. The number of carboxylic acids is 1. The molecule has 1 heterocycles. The third-order valence-corrected chi connectivity index (χ3v) is 4.39. The van der Waals surface area contributed by atoms with Crippen LogP contribution in [0.4, 0.5) is 0 Å². The summed E-state index contributed by atoms with van der Waals surface area (Å²) in [4.78, 5) is 25.6. The first kappa shape index (κ1) is 18.2. The van der Waals surface area contributed by atoms with Gasteiger partial charge < -0.3 is 19.9 Å². The van der Waals surface area contributed by atoms with Gasteiger partial charge in [-0.05, 0) is 37.1 Å². The molecule has 1 amide bonds. The summed E-state index contributed by atoms with van der Waals surface area (Å²) in [6, 6.07) is 7.41. The molecule has 7 heteroatoms. The molecule has 0 radical (unpaired) electrons. The van der Waals surface area contributed by atoms with Crippen LogP contribution in [0.1, 0.15) is 18.4 Å². The fourth-order valence-electron chi connectivity index (χ4n) is 3.04. The summed E-state index contributed by atoms with van der Waals surface area (Å²) >= 11 is 0. The minimum Gasteiger partial charge on any atom is -0.497 e. The Balaban J connectivity index is 1.91. The lowest BCUT2D eigenvalue weighted by Gasteiger charge is -2.33. The molecule has 1 aromatic rings. The highest BCUT2D eigenvalue weighted by Gasteiger charge is 2.48. The Bertz CT molecular complexity index is 575. The predicted octanol–water partition coefficient (Wildman–Crippen LogP) is 0.877. The Hall–Kier alpha value is -2.12. The van der Waals surface area contributed by atoms with Crippen molar-refractivity contribution in [3.8, 4) is 5.75 Å². The number of methoxy groups -OCH3 is 2. The number of carbonyl (C=O) groups excluding carboxylic acids is 1. The van der Waals surface area contributed by atoms with Crippen LogP contribution in [0.2, 0.25) is 0 Å². The maximum atomic E-state index is 12.2. The van der Waals surface area contributed by atoms with Crippen LogP contribution in [0, 0.1) is 0 Å². The lowest BCUT2D eigenvalue weighted by molar-refractivity contribution is -0.154. The molecule has 0 aliphatic carbocycles. The normalized spacial score (nSPS) is 20.8. The molecule has 1 aliphatic rings. The smallest absolute Gasteiger partial charge is 0.326 e. The van der Waals surface area contributed by atoms with Gasteiger partial charge >= 0.3 is 5.97 Å². The van der Waals surface area contributed by atoms with Crippen molar-refractivity contribution in [3.63, 3.8) is 0 Å². The minimum absolute atomic E-state index is 0.0474. The van der Waals surface area contributed by atoms with Crippen LogP contribution >= 0.6 is 0 Å². The van der Waals surface area contributed by atoms with E-state index in [2.05, 4.69) is 5.32 Å². The SMILES string of the molecule is COCC1(C(=O)O)CCCN1CC(=O)NCc1ccc(OC)cc1. The van der Waals surface area contributed by atoms with Crippen LogP contribution in [0.25, 0.3) is 0 Å². The number of likely N-dealkylation sites (tertiary alicyclic amines) is 1. The first-order valence-electron chi connectivity index (χ1n) is 7.89. The molecule has 132 valence electrons. The highest BCUT2D eigenvalue weighted by molar-refractivity contribution is 5.82. The number of benzene rings is 1. The molecule has 1 aromatic carbocycles. The van der Waals surface area contributed by atoms with Gasteiger partial charge in [-0.3, -0.25) is 14.5 Å². The highest BCUT2D eigenvalue weighted by Crippen LogP contribution is 2.29. The second kappa shape index (κ2) is 8.12. The number of hydrogen-bond donors (Lipinski definition) is 2. The molecule has 1 aliphatic heterocycles. The standard InChI is InChI=1S/C17H24N2O5/c1-23-12-17(16(21)22)8-3-9-19(17)11-15(20)18-10-13-4-6-14(24-2)7-5-13/h4-7H,3,8-12H2,1-2H3,(H,18,20)(H,21,22). The van der Waals surface area contributed by atoms with Crippen LogP contribution < -0.4 is 10.1 Å². The van der Waals surface area contributed by atoms with Gasteiger partial charge in [0.1, 0.15) is 11.3 Å². The van der Waals surface area contributed by atoms with E-state index in [-0.39, 0.29) is 19.1 Å². The Labute approximate surface area is 141 Å².